The van der Waals surface area contributed by atoms with Crippen LogP contribution < -0.4 is 4.18 Å². The van der Waals surface area contributed by atoms with Gasteiger partial charge in [-0.3, -0.25) is 10.1 Å². The Bertz CT molecular complexity index is 1030. The normalized spacial score (nSPS) is 13.8. The van der Waals surface area contributed by atoms with E-state index in [1.165, 1.54) is 12.1 Å². The number of alkyl halides is 6. The van der Waals surface area contributed by atoms with Gasteiger partial charge in [-0.1, -0.05) is 22.0 Å². The molecule has 0 bridgehead atoms. The molecular formula is C15H8BrF6NO5S. The van der Waals surface area contributed by atoms with Gasteiger partial charge < -0.3 is 4.18 Å². The zero-order valence-electron chi connectivity index (χ0n) is 13.7. The molecule has 0 spiro atoms. The molecule has 0 aliphatic rings. The van der Waals surface area contributed by atoms with Crippen molar-refractivity contribution in [2.75, 3.05) is 0 Å². The summed E-state index contributed by atoms with van der Waals surface area (Å²) in [6.07, 6.45) is -10.2. The van der Waals surface area contributed by atoms with Gasteiger partial charge in [0.25, 0.3) is 0 Å². The zero-order chi connectivity index (χ0) is 22.2. The van der Waals surface area contributed by atoms with Gasteiger partial charge in [-0.05, 0) is 35.9 Å². The van der Waals surface area contributed by atoms with Crippen LogP contribution in [0.4, 0.5) is 32.0 Å². The highest BCUT2D eigenvalue weighted by atomic mass is 79.9. The van der Waals surface area contributed by atoms with Gasteiger partial charge >= 0.3 is 27.9 Å². The third-order valence-corrected chi connectivity index (χ3v) is 5.25. The van der Waals surface area contributed by atoms with E-state index in [0.29, 0.717) is 16.6 Å². The first-order chi connectivity index (χ1) is 13.2. The fourth-order valence-corrected chi connectivity index (χ4v) is 3.23. The number of hydrogen-bond donors (Lipinski definition) is 0. The standard InChI is InChI=1S/C15H8BrF6NO5S/c16-9-2-4-10(5-3-9)29(26,27)28-12-6-1-8(7-11(12)23(24)25)13(17)14(18,19)15(20,21)22/h1-7,13H. The molecule has 6 nitrogen and oxygen atoms in total. The van der Waals surface area contributed by atoms with Gasteiger partial charge in [0.05, 0.1) is 4.92 Å². The molecule has 2 rings (SSSR count). The average Bonchev–Trinajstić information content (AvgIpc) is 2.60. The Morgan fingerprint density at radius 2 is 1.59 bits per heavy atom. The quantitative estimate of drug-likeness (QED) is 0.228. The van der Waals surface area contributed by atoms with Crippen molar-refractivity contribution in [3.8, 4) is 5.75 Å². The van der Waals surface area contributed by atoms with E-state index in [1.807, 2.05) is 0 Å². The van der Waals surface area contributed by atoms with Crippen LogP contribution in [0.25, 0.3) is 0 Å². The molecule has 1 atom stereocenters. The first-order valence-electron chi connectivity index (χ1n) is 7.24. The molecule has 0 N–H and O–H groups in total. The summed E-state index contributed by atoms with van der Waals surface area (Å²) in [5.74, 6) is -6.82. The number of nitrogens with zero attached hydrogens (tertiary/aromatic N) is 1. The van der Waals surface area contributed by atoms with Gasteiger partial charge in [-0.15, -0.1) is 0 Å². The minimum absolute atomic E-state index is 0.0523. The lowest BCUT2D eigenvalue weighted by molar-refractivity contribution is -0.385. The number of rotatable bonds is 6. The summed E-state index contributed by atoms with van der Waals surface area (Å²) in [7, 11) is -4.62. The van der Waals surface area contributed by atoms with Gasteiger partial charge in [0.2, 0.25) is 5.75 Å². The van der Waals surface area contributed by atoms with Crippen molar-refractivity contribution in [1.29, 1.82) is 0 Å². The molecule has 0 saturated carbocycles. The van der Waals surface area contributed by atoms with Crippen LogP contribution >= 0.6 is 15.9 Å². The second-order valence-corrected chi connectivity index (χ2v) is 7.92. The topological polar surface area (TPSA) is 86.5 Å². The summed E-state index contributed by atoms with van der Waals surface area (Å²) >= 11 is 3.06. The molecule has 158 valence electrons. The van der Waals surface area contributed by atoms with E-state index in [1.54, 1.807) is 0 Å². The maximum absolute atomic E-state index is 13.8. The Balaban J connectivity index is 2.45. The second kappa shape index (κ2) is 7.82. The largest absolute Gasteiger partial charge is 0.456 e. The minimum atomic E-state index is -6.25. The molecule has 2 aromatic carbocycles. The molecule has 0 aliphatic heterocycles. The average molecular weight is 508 g/mol. The molecule has 0 aromatic heterocycles. The van der Waals surface area contributed by atoms with E-state index in [0.717, 1.165) is 12.1 Å². The number of nitro benzene ring substituents is 1. The summed E-state index contributed by atoms with van der Waals surface area (Å²) < 4.78 is 107. The van der Waals surface area contributed by atoms with Gasteiger partial charge in [0.1, 0.15) is 4.90 Å². The van der Waals surface area contributed by atoms with Crippen LogP contribution in [0.3, 0.4) is 0 Å². The van der Waals surface area contributed by atoms with Crippen LogP contribution in [0.1, 0.15) is 11.7 Å². The summed E-state index contributed by atoms with van der Waals surface area (Å²) in [5, 5.41) is 11.1. The van der Waals surface area contributed by atoms with Crippen molar-refractivity contribution < 1.29 is 43.9 Å². The molecule has 0 radical (unpaired) electrons. The maximum Gasteiger partial charge on any atom is 0.456 e. The molecule has 0 saturated heterocycles. The smallest absolute Gasteiger partial charge is 0.372 e. The predicted octanol–water partition coefficient (Wildman–Crippen LogP) is 5.33. The Kier molecular flexibility index (Phi) is 6.18. The van der Waals surface area contributed by atoms with E-state index in [9.17, 15) is 44.9 Å². The fourth-order valence-electron chi connectivity index (χ4n) is 2.03. The number of nitro groups is 1. The Morgan fingerprint density at radius 3 is 2.07 bits per heavy atom. The van der Waals surface area contributed by atoms with E-state index >= 15 is 0 Å². The molecule has 14 heteroatoms. The molecular weight excluding hydrogens is 500 g/mol. The van der Waals surface area contributed by atoms with Crippen LogP contribution in [0.15, 0.2) is 51.8 Å². The third kappa shape index (κ3) is 4.80. The van der Waals surface area contributed by atoms with Crippen molar-refractivity contribution in [2.45, 2.75) is 23.2 Å². The molecule has 0 fully saturated rings. The van der Waals surface area contributed by atoms with Crippen LogP contribution in [-0.2, 0) is 10.1 Å². The molecule has 2 aromatic rings. The Labute approximate surface area is 167 Å². The monoisotopic (exact) mass is 507 g/mol. The van der Waals surface area contributed by atoms with Crippen molar-refractivity contribution in [3.63, 3.8) is 0 Å². The summed E-state index contributed by atoms with van der Waals surface area (Å²) in [6, 6.07) is 5.62. The summed E-state index contributed by atoms with van der Waals surface area (Å²) in [4.78, 5) is 9.37. The Morgan fingerprint density at radius 1 is 1.03 bits per heavy atom. The van der Waals surface area contributed by atoms with Gasteiger partial charge in [0.15, 0.2) is 6.17 Å². The highest BCUT2D eigenvalue weighted by molar-refractivity contribution is 9.10. The summed E-state index contributed by atoms with van der Waals surface area (Å²) in [6.45, 7) is 0. The minimum Gasteiger partial charge on any atom is -0.372 e. The lowest BCUT2D eigenvalue weighted by Gasteiger charge is -2.23. The van der Waals surface area contributed by atoms with E-state index < -0.39 is 55.2 Å². The van der Waals surface area contributed by atoms with E-state index in [4.69, 9.17) is 0 Å². The highest BCUT2D eigenvalue weighted by Gasteiger charge is 2.63. The van der Waals surface area contributed by atoms with Gasteiger partial charge in [-0.25, -0.2) is 4.39 Å². The second-order valence-electron chi connectivity index (χ2n) is 5.46. The van der Waals surface area contributed by atoms with Crippen LogP contribution in [0.2, 0.25) is 0 Å². The first-order valence-corrected chi connectivity index (χ1v) is 9.44. The number of benzene rings is 2. The molecule has 0 amide bonds. The van der Waals surface area contributed by atoms with Gasteiger partial charge in [-0.2, -0.15) is 30.4 Å². The lowest BCUT2D eigenvalue weighted by Crippen LogP contribution is -2.40. The molecule has 29 heavy (non-hydrogen) atoms. The van der Waals surface area contributed by atoms with Crippen molar-refractivity contribution in [3.05, 3.63) is 62.6 Å². The van der Waals surface area contributed by atoms with Crippen LogP contribution in [0, 0.1) is 10.1 Å². The highest BCUT2D eigenvalue weighted by Crippen LogP contribution is 2.47. The van der Waals surface area contributed by atoms with Crippen molar-refractivity contribution in [1.82, 2.24) is 0 Å². The third-order valence-electron chi connectivity index (χ3n) is 3.47. The van der Waals surface area contributed by atoms with E-state index in [2.05, 4.69) is 20.1 Å². The fraction of sp³-hybridized carbons (Fsp3) is 0.200. The van der Waals surface area contributed by atoms with E-state index in [-0.39, 0.29) is 6.07 Å². The maximum atomic E-state index is 13.8. The van der Waals surface area contributed by atoms with Crippen LogP contribution in [0.5, 0.6) is 5.75 Å². The first kappa shape index (κ1) is 22.9. The summed E-state index contributed by atoms with van der Waals surface area (Å²) in [5.41, 5.74) is -2.70. The number of halogens is 7. The molecule has 0 aliphatic carbocycles. The van der Waals surface area contributed by atoms with Crippen molar-refractivity contribution >= 4 is 31.7 Å². The SMILES string of the molecule is O=[N+]([O-])c1cc(C(F)C(F)(F)C(F)(F)F)ccc1OS(=O)(=O)c1ccc(Br)cc1. The van der Waals surface area contributed by atoms with Crippen LogP contribution in [-0.4, -0.2) is 25.4 Å². The predicted molar refractivity (Wildman–Crippen MR) is 89.9 cm³/mol. The molecule has 1 unspecified atom stereocenters. The Hall–Kier alpha value is -2.35. The lowest BCUT2D eigenvalue weighted by atomic mass is 10.0. The van der Waals surface area contributed by atoms with Crippen molar-refractivity contribution in [2.24, 2.45) is 0 Å². The number of hydrogen-bond acceptors (Lipinski definition) is 5. The molecule has 0 heterocycles. The zero-order valence-corrected chi connectivity index (χ0v) is 16.1. The van der Waals surface area contributed by atoms with Gasteiger partial charge in [0, 0.05) is 10.5 Å².